The summed E-state index contributed by atoms with van der Waals surface area (Å²) in [5.41, 5.74) is 0. The van der Waals surface area contributed by atoms with E-state index in [0.29, 0.717) is 25.0 Å². The van der Waals surface area contributed by atoms with Crippen molar-refractivity contribution in [2.24, 2.45) is 11.8 Å². The quantitative estimate of drug-likeness (QED) is 0.790. The largest absolute Gasteiger partial charge is 0.449 e. The normalized spacial score (nSPS) is 21.5. The standard InChI is InChI=1S/C16H30N2O4/c1-11(2)9-21-15(19)17-13-7-5-6-8-14(13)18-16(20)22-10-12(3)4/h11-14H,5-10H2,1-4H3,(H,17,19)(H,18,20)/t13-,14-/m1/s1. The van der Waals surface area contributed by atoms with Crippen molar-refractivity contribution in [2.45, 2.75) is 65.5 Å². The van der Waals surface area contributed by atoms with Gasteiger partial charge >= 0.3 is 12.2 Å². The average Bonchev–Trinajstić information content (AvgIpc) is 2.45. The van der Waals surface area contributed by atoms with Crippen molar-refractivity contribution in [1.82, 2.24) is 10.6 Å². The Morgan fingerprint density at radius 1 is 0.864 bits per heavy atom. The van der Waals surface area contributed by atoms with Gasteiger partial charge < -0.3 is 20.1 Å². The van der Waals surface area contributed by atoms with Crippen LogP contribution in [0.3, 0.4) is 0 Å². The Hall–Kier alpha value is -1.46. The zero-order valence-electron chi connectivity index (χ0n) is 14.2. The summed E-state index contributed by atoms with van der Waals surface area (Å²) in [6.45, 7) is 8.75. The molecule has 0 aromatic heterocycles. The first-order valence-corrected chi connectivity index (χ1v) is 8.25. The van der Waals surface area contributed by atoms with Crippen molar-refractivity contribution in [3.63, 3.8) is 0 Å². The maximum Gasteiger partial charge on any atom is 0.407 e. The number of amides is 2. The smallest absolute Gasteiger partial charge is 0.407 e. The highest BCUT2D eigenvalue weighted by Crippen LogP contribution is 2.19. The molecule has 128 valence electrons. The fourth-order valence-electron chi connectivity index (χ4n) is 2.35. The number of alkyl carbamates (subject to hydrolysis) is 2. The number of carbonyl (C=O) groups excluding carboxylic acids is 2. The molecule has 6 nitrogen and oxygen atoms in total. The minimum absolute atomic E-state index is 0.0972. The van der Waals surface area contributed by atoms with Gasteiger partial charge in [-0.15, -0.1) is 0 Å². The Balaban J connectivity index is 2.42. The van der Waals surface area contributed by atoms with Crippen LogP contribution in [0.5, 0.6) is 0 Å². The number of rotatable bonds is 6. The Kier molecular flexibility index (Phi) is 8.06. The number of hydrogen-bond donors (Lipinski definition) is 2. The van der Waals surface area contributed by atoms with Crippen LogP contribution in [-0.2, 0) is 9.47 Å². The molecule has 6 heteroatoms. The second-order valence-electron chi connectivity index (χ2n) is 6.77. The SMILES string of the molecule is CC(C)COC(=O)N[C@@H]1CCCC[C@H]1NC(=O)OCC(C)C. The monoisotopic (exact) mass is 314 g/mol. The van der Waals surface area contributed by atoms with Crippen LogP contribution in [0.15, 0.2) is 0 Å². The maximum absolute atomic E-state index is 11.8. The first-order chi connectivity index (χ1) is 10.4. The summed E-state index contributed by atoms with van der Waals surface area (Å²) in [4.78, 5) is 23.6. The molecule has 2 amide bonds. The molecule has 0 aliphatic heterocycles. The van der Waals surface area contributed by atoms with Crippen LogP contribution in [-0.4, -0.2) is 37.5 Å². The molecular weight excluding hydrogens is 284 g/mol. The van der Waals surface area contributed by atoms with E-state index < -0.39 is 12.2 Å². The van der Waals surface area contributed by atoms with Crippen LogP contribution in [0.2, 0.25) is 0 Å². The van der Waals surface area contributed by atoms with Crippen LogP contribution < -0.4 is 10.6 Å². The molecule has 1 saturated carbocycles. The zero-order valence-corrected chi connectivity index (χ0v) is 14.2. The lowest BCUT2D eigenvalue weighted by molar-refractivity contribution is 0.113. The summed E-state index contributed by atoms with van der Waals surface area (Å²) in [6.07, 6.45) is 2.92. The first-order valence-electron chi connectivity index (χ1n) is 8.25. The highest BCUT2D eigenvalue weighted by atomic mass is 16.6. The van der Waals surface area contributed by atoms with Crippen LogP contribution in [0.1, 0.15) is 53.4 Å². The molecule has 1 rings (SSSR count). The third-order valence-electron chi connectivity index (χ3n) is 3.47. The van der Waals surface area contributed by atoms with Gasteiger partial charge in [0.05, 0.1) is 25.3 Å². The molecule has 22 heavy (non-hydrogen) atoms. The maximum atomic E-state index is 11.8. The second-order valence-corrected chi connectivity index (χ2v) is 6.77. The molecule has 1 aliphatic carbocycles. The molecule has 0 unspecified atom stereocenters. The molecule has 0 heterocycles. The topological polar surface area (TPSA) is 76.7 Å². The fraction of sp³-hybridized carbons (Fsp3) is 0.875. The molecule has 1 fully saturated rings. The van der Waals surface area contributed by atoms with E-state index in [-0.39, 0.29) is 12.1 Å². The van der Waals surface area contributed by atoms with Crippen LogP contribution >= 0.6 is 0 Å². The van der Waals surface area contributed by atoms with Crippen LogP contribution in [0, 0.1) is 11.8 Å². The lowest BCUT2D eigenvalue weighted by Crippen LogP contribution is -2.53. The Bertz CT molecular complexity index is 324. The van der Waals surface area contributed by atoms with E-state index in [1.807, 2.05) is 27.7 Å². The van der Waals surface area contributed by atoms with E-state index >= 15 is 0 Å². The summed E-state index contributed by atoms with van der Waals surface area (Å²) in [7, 11) is 0. The third-order valence-corrected chi connectivity index (χ3v) is 3.47. The van der Waals surface area contributed by atoms with Gasteiger partial charge in [0, 0.05) is 0 Å². The molecule has 0 spiro atoms. The van der Waals surface area contributed by atoms with E-state index in [1.54, 1.807) is 0 Å². The van der Waals surface area contributed by atoms with E-state index in [2.05, 4.69) is 10.6 Å². The van der Waals surface area contributed by atoms with Crippen molar-refractivity contribution in [1.29, 1.82) is 0 Å². The van der Waals surface area contributed by atoms with Gasteiger partial charge in [0.15, 0.2) is 0 Å². The van der Waals surface area contributed by atoms with E-state index in [1.165, 1.54) is 0 Å². The Morgan fingerprint density at radius 2 is 1.23 bits per heavy atom. The van der Waals surface area contributed by atoms with E-state index in [9.17, 15) is 9.59 Å². The molecule has 0 radical (unpaired) electrons. The van der Waals surface area contributed by atoms with E-state index in [0.717, 1.165) is 25.7 Å². The summed E-state index contributed by atoms with van der Waals surface area (Å²) in [5, 5.41) is 5.73. The van der Waals surface area contributed by atoms with Gasteiger partial charge in [-0.25, -0.2) is 9.59 Å². The van der Waals surface area contributed by atoms with Gasteiger partial charge in [0.25, 0.3) is 0 Å². The molecule has 2 N–H and O–H groups in total. The molecule has 1 aliphatic rings. The van der Waals surface area contributed by atoms with Gasteiger partial charge in [0.1, 0.15) is 0 Å². The molecule has 2 atom stereocenters. The van der Waals surface area contributed by atoms with Crippen molar-refractivity contribution in [3.8, 4) is 0 Å². The van der Waals surface area contributed by atoms with Crippen molar-refractivity contribution in [2.75, 3.05) is 13.2 Å². The minimum atomic E-state index is -0.414. The summed E-state index contributed by atoms with van der Waals surface area (Å²) < 4.78 is 10.3. The predicted octanol–water partition coefficient (Wildman–Crippen LogP) is 3.06. The number of nitrogens with one attached hydrogen (secondary N) is 2. The zero-order chi connectivity index (χ0) is 16.5. The van der Waals surface area contributed by atoms with E-state index in [4.69, 9.17) is 9.47 Å². The van der Waals surface area contributed by atoms with Gasteiger partial charge in [-0.05, 0) is 24.7 Å². The number of ether oxygens (including phenoxy) is 2. The minimum Gasteiger partial charge on any atom is -0.449 e. The van der Waals surface area contributed by atoms with Crippen molar-refractivity contribution in [3.05, 3.63) is 0 Å². The number of hydrogen-bond acceptors (Lipinski definition) is 4. The Morgan fingerprint density at radius 3 is 1.55 bits per heavy atom. The molecule has 0 aromatic carbocycles. The van der Waals surface area contributed by atoms with Gasteiger partial charge in [-0.1, -0.05) is 40.5 Å². The van der Waals surface area contributed by atoms with Crippen LogP contribution in [0.4, 0.5) is 9.59 Å². The lowest BCUT2D eigenvalue weighted by atomic mass is 9.90. The van der Waals surface area contributed by atoms with Crippen molar-refractivity contribution >= 4 is 12.2 Å². The predicted molar refractivity (Wildman–Crippen MR) is 84.7 cm³/mol. The molecule has 0 bridgehead atoms. The van der Waals surface area contributed by atoms with Gasteiger partial charge in [0.2, 0.25) is 0 Å². The lowest BCUT2D eigenvalue weighted by Gasteiger charge is -2.32. The molecular formula is C16H30N2O4. The second kappa shape index (κ2) is 9.54. The fourth-order valence-corrected chi connectivity index (χ4v) is 2.35. The van der Waals surface area contributed by atoms with Crippen molar-refractivity contribution < 1.29 is 19.1 Å². The summed E-state index contributed by atoms with van der Waals surface area (Å²) in [5.74, 6) is 0.606. The highest BCUT2D eigenvalue weighted by molar-refractivity contribution is 5.69. The Labute approximate surface area is 133 Å². The molecule has 0 saturated heterocycles. The number of carbonyl (C=O) groups is 2. The first kappa shape index (κ1) is 18.6. The van der Waals surface area contributed by atoms with Gasteiger partial charge in [-0.3, -0.25) is 0 Å². The molecule has 0 aromatic rings. The van der Waals surface area contributed by atoms with Gasteiger partial charge in [-0.2, -0.15) is 0 Å². The average molecular weight is 314 g/mol. The highest BCUT2D eigenvalue weighted by Gasteiger charge is 2.28. The summed E-state index contributed by atoms with van der Waals surface area (Å²) in [6, 6.07) is -0.194. The third kappa shape index (κ3) is 7.52. The summed E-state index contributed by atoms with van der Waals surface area (Å²) >= 11 is 0. The van der Waals surface area contributed by atoms with Crippen LogP contribution in [0.25, 0.3) is 0 Å².